The summed E-state index contributed by atoms with van der Waals surface area (Å²) >= 11 is 11.9. The van der Waals surface area contributed by atoms with Crippen LogP contribution in [-0.4, -0.2) is 17.1 Å². The van der Waals surface area contributed by atoms with Crippen molar-refractivity contribution in [2.45, 2.75) is 19.6 Å². The van der Waals surface area contributed by atoms with Crippen LogP contribution in [0.1, 0.15) is 24.2 Å². The average molecular weight is 311 g/mol. The number of nitrogens with zero attached hydrogens (tertiary/aromatic N) is 2. The molecule has 0 saturated carbocycles. The fourth-order valence-electron chi connectivity index (χ4n) is 2.09. The Hall–Kier alpha value is -1.29. The molecule has 1 N–H and O–H groups in total. The highest BCUT2D eigenvalue weighted by atomic mass is 35.5. The fourth-order valence-corrected chi connectivity index (χ4v) is 2.49. The second-order valence-corrected chi connectivity index (χ2v) is 5.42. The van der Waals surface area contributed by atoms with Gasteiger partial charge < -0.3 is 10.0 Å². The number of pyridine rings is 1. The van der Waals surface area contributed by atoms with Gasteiger partial charge in [0.15, 0.2) is 0 Å². The predicted molar refractivity (Wildman–Crippen MR) is 83.4 cm³/mol. The maximum Gasteiger partial charge on any atom is 0.135 e. The number of aliphatic hydroxyl groups excluding tert-OH is 1. The van der Waals surface area contributed by atoms with Gasteiger partial charge in [0.1, 0.15) is 10.3 Å². The van der Waals surface area contributed by atoms with Crippen LogP contribution in [0.15, 0.2) is 36.4 Å². The molecule has 0 aliphatic rings. The number of halogens is 2. The maximum absolute atomic E-state index is 9.83. The number of benzene rings is 1. The van der Waals surface area contributed by atoms with Crippen molar-refractivity contribution in [1.82, 2.24) is 4.98 Å². The van der Waals surface area contributed by atoms with E-state index in [2.05, 4.69) is 4.98 Å². The van der Waals surface area contributed by atoms with Crippen LogP contribution in [0.3, 0.4) is 0 Å². The first-order valence-corrected chi connectivity index (χ1v) is 7.03. The summed E-state index contributed by atoms with van der Waals surface area (Å²) in [6, 6.07) is 11.3. The topological polar surface area (TPSA) is 36.4 Å². The van der Waals surface area contributed by atoms with E-state index in [1.807, 2.05) is 42.3 Å². The van der Waals surface area contributed by atoms with Crippen molar-refractivity contribution in [3.05, 3.63) is 57.8 Å². The van der Waals surface area contributed by atoms with Crippen molar-refractivity contribution in [3.8, 4) is 0 Å². The molecule has 0 unspecified atom stereocenters. The Morgan fingerprint density at radius 2 is 1.90 bits per heavy atom. The van der Waals surface area contributed by atoms with Crippen LogP contribution in [-0.2, 0) is 6.54 Å². The molecular weight excluding hydrogens is 295 g/mol. The molecule has 20 heavy (non-hydrogen) atoms. The van der Waals surface area contributed by atoms with Gasteiger partial charge in [-0.25, -0.2) is 4.98 Å². The number of aromatic nitrogens is 1. The van der Waals surface area contributed by atoms with Gasteiger partial charge in [0.2, 0.25) is 0 Å². The molecule has 0 aliphatic carbocycles. The summed E-state index contributed by atoms with van der Waals surface area (Å²) < 4.78 is 0. The van der Waals surface area contributed by atoms with Gasteiger partial charge in [0.05, 0.1) is 6.10 Å². The zero-order chi connectivity index (χ0) is 14.7. The highest BCUT2D eigenvalue weighted by Crippen LogP contribution is 2.27. The fraction of sp³-hybridized carbons (Fsp3) is 0.267. The van der Waals surface area contributed by atoms with E-state index in [1.54, 1.807) is 13.0 Å². The Morgan fingerprint density at radius 1 is 1.20 bits per heavy atom. The minimum atomic E-state index is -0.521. The Labute approximate surface area is 128 Å². The second kappa shape index (κ2) is 6.44. The van der Waals surface area contributed by atoms with Gasteiger partial charge in [0, 0.05) is 30.4 Å². The zero-order valence-electron chi connectivity index (χ0n) is 11.3. The first-order valence-electron chi connectivity index (χ1n) is 6.28. The molecule has 1 aromatic heterocycles. The van der Waals surface area contributed by atoms with E-state index in [-0.39, 0.29) is 0 Å². The zero-order valence-corrected chi connectivity index (χ0v) is 12.9. The molecule has 3 nitrogen and oxygen atoms in total. The van der Waals surface area contributed by atoms with E-state index in [4.69, 9.17) is 23.2 Å². The lowest BCUT2D eigenvalue weighted by molar-refractivity contribution is 0.199. The molecule has 2 rings (SSSR count). The van der Waals surface area contributed by atoms with Crippen LogP contribution in [0.25, 0.3) is 0 Å². The summed E-state index contributed by atoms with van der Waals surface area (Å²) in [5.41, 5.74) is 2.74. The van der Waals surface area contributed by atoms with Crippen LogP contribution < -0.4 is 4.90 Å². The first kappa shape index (κ1) is 15.1. The third-order valence-corrected chi connectivity index (χ3v) is 3.64. The molecule has 0 amide bonds. The predicted octanol–water partition coefficient (Wildman–Crippen LogP) is 4.08. The minimum absolute atomic E-state index is 0.380. The number of para-hydroxylation sites is 1. The molecule has 2 aromatic rings. The average Bonchev–Trinajstić information content (AvgIpc) is 2.41. The highest BCUT2D eigenvalue weighted by molar-refractivity contribution is 6.32. The molecule has 0 fully saturated rings. The summed E-state index contributed by atoms with van der Waals surface area (Å²) in [5, 5.41) is 10.6. The van der Waals surface area contributed by atoms with Crippen molar-refractivity contribution < 1.29 is 5.11 Å². The largest absolute Gasteiger partial charge is 0.389 e. The lowest BCUT2D eigenvalue weighted by Gasteiger charge is -2.24. The first-order chi connectivity index (χ1) is 9.49. The SMILES string of the molecule is C[C@@H](O)c1ccccc1N(C)Cc1ccc(Cl)nc1Cl. The van der Waals surface area contributed by atoms with Gasteiger partial charge in [-0.1, -0.05) is 47.5 Å². The van der Waals surface area contributed by atoms with Crippen LogP contribution in [0, 0.1) is 0 Å². The van der Waals surface area contributed by atoms with Crippen LogP contribution in [0.4, 0.5) is 5.69 Å². The summed E-state index contributed by atoms with van der Waals surface area (Å²) in [5.74, 6) is 0. The number of hydrogen-bond donors (Lipinski definition) is 1. The van der Waals surface area contributed by atoms with Gasteiger partial charge in [-0.15, -0.1) is 0 Å². The van der Waals surface area contributed by atoms with E-state index >= 15 is 0 Å². The number of anilines is 1. The molecule has 0 saturated heterocycles. The van der Waals surface area contributed by atoms with Gasteiger partial charge in [-0.3, -0.25) is 0 Å². The summed E-state index contributed by atoms with van der Waals surface area (Å²) in [7, 11) is 1.95. The van der Waals surface area contributed by atoms with Crippen molar-refractivity contribution in [2.24, 2.45) is 0 Å². The van der Waals surface area contributed by atoms with Crippen molar-refractivity contribution in [3.63, 3.8) is 0 Å². The molecule has 1 atom stereocenters. The smallest absolute Gasteiger partial charge is 0.135 e. The number of aliphatic hydroxyl groups is 1. The Balaban J connectivity index is 2.26. The van der Waals surface area contributed by atoms with Crippen LogP contribution in [0.2, 0.25) is 10.3 Å². The quantitative estimate of drug-likeness (QED) is 0.864. The van der Waals surface area contributed by atoms with Gasteiger partial charge in [-0.05, 0) is 19.1 Å². The molecule has 0 aliphatic heterocycles. The molecular formula is C15H16Cl2N2O. The molecule has 1 heterocycles. The Bertz CT molecular complexity index is 602. The maximum atomic E-state index is 9.83. The lowest BCUT2D eigenvalue weighted by Crippen LogP contribution is -2.19. The number of hydrogen-bond acceptors (Lipinski definition) is 3. The second-order valence-electron chi connectivity index (χ2n) is 4.67. The standard InChI is InChI=1S/C15H16Cl2N2O/c1-10(20)12-5-3-4-6-13(12)19(2)9-11-7-8-14(16)18-15(11)17/h3-8,10,20H,9H2,1-2H3/t10-/m1/s1. The molecule has 0 radical (unpaired) electrons. The van der Waals surface area contributed by atoms with Crippen LogP contribution >= 0.6 is 23.2 Å². The molecule has 5 heteroatoms. The van der Waals surface area contributed by atoms with Crippen LogP contribution in [0.5, 0.6) is 0 Å². The molecule has 1 aromatic carbocycles. The Kier molecular flexibility index (Phi) is 4.86. The van der Waals surface area contributed by atoms with Gasteiger partial charge >= 0.3 is 0 Å². The van der Waals surface area contributed by atoms with E-state index in [0.717, 1.165) is 16.8 Å². The molecule has 106 valence electrons. The number of rotatable bonds is 4. The van der Waals surface area contributed by atoms with E-state index < -0.39 is 6.10 Å². The molecule has 0 bridgehead atoms. The third kappa shape index (κ3) is 3.42. The van der Waals surface area contributed by atoms with E-state index in [1.165, 1.54) is 0 Å². The van der Waals surface area contributed by atoms with E-state index in [0.29, 0.717) is 16.9 Å². The Morgan fingerprint density at radius 3 is 2.55 bits per heavy atom. The normalized spacial score (nSPS) is 12.2. The summed E-state index contributed by atoms with van der Waals surface area (Å²) in [6.45, 7) is 2.34. The van der Waals surface area contributed by atoms with Crippen molar-refractivity contribution >= 4 is 28.9 Å². The van der Waals surface area contributed by atoms with Gasteiger partial charge in [0.25, 0.3) is 0 Å². The summed E-state index contributed by atoms with van der Waals surface area (Å²) in [6.07, 6.45) is -0.521. The van der Waals surface area contributed by atoms with Gasteiger partial charge in [-0.2, -0.15) is 0 Å². The van der Waals surface area contributed by atoms with Crippen molar-refractivity contribution in [1.29, 1.82) is 0 Å². The third-order valence-electron chi connectivity index (χ3n) is 3.10. The molecule has 0 spiro atoms. The van der Waals surface area contributed by atoms with E-state index in [9.17, 15) is 5.11 Å². The summed E-state index contributed by atoms with van der Waals surface area (Å²) in [4.78, 5) is 6.06. The van der Waals surface area contributed by atoms with Crippen molar-refractivity contribution in [2.75, 3.05) is 11.9 Å². The monoisotopic (exact) mass is 310 g/mol. The highest BCUT2D eigenvalue weighted by Gasteiger charge is 2.13. The lowest BCUT2D eigenvalue weighted by atomic mass is 10.1. The minimum Gasteiger partial charge on any atom is -0.389 e.